The number of nitrogens with one attached hydrogen (secondary N) is 1. The highest BCUT2D eigenvalue weighted by Crippen LogP contribution is 2.43. The van der Waals surface area contributed by atoms with E-state index in [9.17, 15) is 0 Å². The molecule has 0 aromatic rings. The highest BCUT2D eigenvalue weighted by Gasteiger charge is 2.39. The molecule has 2 aliphatic heterocycles. The minimum Gasteiger partial charge on any atom is -0.377 e. The highest BCUT2D eigenvalue weighted by atomic mass is 16.5. The fourth-order valence-corrected chi connectivity index (χ4v) is 4.38. The minimum atomic E-state index is 0.319. The number of aliphatic imine (C=N–C) groups is 1. The van der Waals surface area contributed by atoms with Gasteiger partial charge in [0, 0.05) is 33.3 Å². The van der Waals surface area contributed by atoms with E-state index in [1.54, 1.807) is 0 Å². The zero-order valence-corrected chi connectivity index (χ0v) is 14.7. The zero-order chi connectivity index (χ0) is 16.0. The Balaban J connectivity index is 1.35. The lowest BCUT2D eigenvalue weighted by Gasteiger charge is -2.33. The van der Waals surface area contributed by atoms with E-state index < -0.39 is 0 Å². The van der Waals surface area contributed by atoms with Crippen LogP contribution in [0.3, 0.4) is 0 Å². The van der Waals surface area contributed by atoms with Crippen molar-refractivity contribution in [1.82, 2.24) is 10.2 Å². The van der Waals surface area contributed by atoms with E-state index in [1.165, 1.54) is 51.5 Å². The third kappa shape index (κ3) is 4.60. The molecule has 2 saturated heterocycles. The molecule has 1 unspecified atom stereocenters. The Kier molecular flexibility index (Phi) is 6.17. The van der Waals surface area contributed by atoms with Gasteiger partial charge in [0.2, 0.25) is 0 Å². The fourth-order valence-electron chi connectivity index (χ4n) is 4.38. The van der Waals surface area contributed by atoms with Gasteiger partial charge in [0.1, 0.15) is 0 Å². The van der Waals surface area contributed by atoms with Crippen molar-refractivity contribution in [2.45, 2.75) is 57.5 Å². The quantitative estimate of drug-likeness (QED) is 0.479. The van der Waals surface area contributed by atoms with E-state index in [4.69, 9.17) is 9.47 Å². The molecule has 0 radical (unpaired) electrons. The summed E-state index contributed by atoms with van der Waals surface area (Å²) in [5.41, 5.74) is 0.576. The summed E-state index contributed by atoms with van der Waals surface area (Å²) in [6.45, 7) is 5.50. The van der Waals surface area contributed by atoms with Gasteiger partial charge in [0.05, 0.1) is 19.3 Å². The molecule has 1 spiro atoms. The van der Waals surface area contributed by atoms with Gasteiger partial charge in [0.25, 0.3) is 0 Å². The van der Waals surface area contributed by atoms with Crippen LogP contribution in [-0.4, -0.2) is 63.5 Å². The number of hydrogen-bond donors (Lipinski definition) is 1. The standard InChI is InChI=1S/C18H33N3O2/c1-19-17(20-10-13-22-14-16-6-5-12-23-16)21-11-9-18(15-21)7-3-2-4-8-18/h16H,2-15H2,1H3,(H,19,20). The molecule has 2 heterocycles. The Labute approximate surface area is 140 Å². The highest BCUT2D eigenvalue weighted by molar-refractivity contribution is 5.80. The third-order valence-corrected chi connectivity index (χ3v) is 5.72. The molecule has 1 saturated carbocycles. The van der Waals surface area contributed by atoms with Gasteiger partial charge in [-0.25, -0.2) is 0 Å². The van der Waals surface area contributed by atoms with Crippen LogP contribution in [0.4, 0.5) is 0 Å². The number of nitrogens with zero attached hydrogens (tertiary/aromatic N) is 2. The van der Waals surface area contributed by atoms with Gasteiger partial charge in [-0.3, -0.25) is 4.99 Å². The molecule has 3 rings (SSSR count). The lowest BCUT2D eigenvalue weighted by atomic mass is 9.73. The molecule has 5 nitrogen and oxygen atoms in total. The second-order valence-electron chi connectivity index (χ2n) is 7.42. The first kappa shape index (κ1) is 17.0. The van der Waals surface area contributed by atoms with Crippen LogP contribution in [0, 0.1) is 5.41 Å². The number of guanidine groups is 1. The number of likely N-dealkylation sites (tertiary alicyclic amines) is 1. The normalized spacial score (nSPS) is 27.8. The molecule has 132 valence electrons. The van der Waals surface area contributed by atoms with E-state index in [0.717, 1.165) is 45.3 Å². The first-order valence-corrected chi connectivity index (χ1v) is 9.46. The van der Waals surface area contributed by atoms with Gasteiger partial charge in [-0.2, -0.15) is 0 Å². The molecular formula is C18H33N3O2. The van der Waals surface area contributed by atoms with Gasteiger partial charge >= 0.3 is 0 Å². The van der Waals surface area contributed by atoms with E-state index in [-0.39, 0.29) is 0 Å². The van der Waals surface area contributed by atoms with Gasteiger partial charge < -0.3 is 19.7 Å². The predicted molar refractivity (Wildman–Crippen MR) is 92.9 cm³/mol. The van der Waals surface area contributed by atoms with Crippen molar-refractivity contribution in [1.29, 1.82) is 0 Å². The molecule has 23 heavy (non-hydrogen) atoms. The van der Waals surface area contributed by atoms with Gasteiger partial charge in [-0.05, 0) is 37.5 Å². The van der Waals surface area contributed by atoms with E-state index in [2.05, 4.69) is 15.2 Å². The van der Waals surface area contributed by atoms with Crippen molar-refractivity contribution in [3.8, 4) is 0 Å². The van der Waals surface area contributed by atoms with Gasteiger partial charge in [-0.15, -0.1) is 0 Å². The molecule has 0 amide bonds. The molecular weight excluding hydrogens is 290 g/mol. The lowest BCUT2D eigenvalue weighted by Crippen LogP contribution is -2.42. The van der Waals surface area contributed by atoms with Crippen LogP contribution in [-0.2, 0) is 9.47 Å². The number of rotatable bonds is 5. The maximum atomic E-state index is 5.72. The predicted octanol–water partition coefficient (Wildman–Crippen LogP) is 2.41. The maximum absolute atomic E-state index is 5.72. The van der Waals surface area contributed by atoms with E-state index in [1.807, 2.05) is 7.05 Å². The summed E-state index contributed by atoms with van der Waals surface area (Å²) >= 11 is 0. The first-order valence-electron chi connectivity index (χ1n) is 9.46. The Hall–Kier alpha value is -0.810. The lowest BCUT2D eigenvalue weighted by molar-refractivity contribution is 0.0190. The smallest absolute Gasteiger partial charge is 0.193 e. The molecule has 0 aromatic heterocycles. The van der Waals surface area contributed by atoms with Crippen LogP contribution in [0.5, 0.6) is 0 Å². The van der Waals surface area contributed by atoms with Crippen molar-refractivity contribution in [2.24, 2.45) is 10.4 Å². The zero-order valence-electron chi connectivity index (χ0n) is 14.7. The van der Waals surface area contributed by atoms with Crippen molar-refractivity contribution in [3.63, 3.8) is 0 Å². The molecule has 5 heteroatoms. The van der Waals surface area contributed by atoms with E-state index >= 15 is 0 Å². The average molecular weight is 323 g/mol. The summed E-state index contributed by atoms with van der Waals surface area (Å²) in [5.74, 6) is 1.05. The SMILES string of the molecule is CN=C(NCCOCC1CCCO1)N1CCC2(CCCCC2)C1. The van der Waals surface area contributed by atoms with Gasteiger partial charge in [-0.1, -0.05) is 19.3 Å². The Morgan fingerprint density at radius 1 is 1.26 bits per heavy atom. The van der Waals surface area contributed by atoms with E-state index in [0.29, 0.717) is 11.5 Å². The van der Waals surface area contributed by atoms with Crippen LogP contribution in [0.1, 0.15) is 51.4 Å². The molecule has 1 N–H and O–H groups in total. The molecule has 0 aromatic carbocycles. The Morgan fingerprint density at radius 2 is 2.13 bits per heavy atom. The number of hydrogen-bond acceptors (Lipinski definition) is 3. The molecule has 1 atom stereocenters. The van der Waals surface area contributed by atoms with Gasteiger partial charge in [0.15, 0.2) is 5.96 Å². The largest absolute Gasteiger partial charge is 0.377 e. The van der Waals surface area contributed by atoms with Crippen molar-refractivity contribution < 1.29 is 9.47 Å². The summed E-state index contributed by atoms with van der Waals surface area (Å²) in [5, 5.41) is 3.47. The minimum absolute atomic E-state index is 0.319. The van der Waals surface area contributed by atoms with Crippen LogP contribution < -0.4 is 5.32 Å². The number of ether oxygens (including phenoxy) is 2. The third-order valence-electron chi connectivity index (χ3n) is 5.72. The second-order valence-corrected chi connectivity index (χ2v) is 7.42. The topological polar surface area (TPSA) is 46.1 Å². The summed E-state index contributed by atoms with van der Waals surface area (Å²) in [6.07, 6.45) is 11.0. The van der Waals surface area contributed by atoms with Crippen LogP contribution in [0.2, 0.25) is 0 Å². The van der Waals surface area contributed by atoms with Crippen LogP contribution in [0.15, 0.2) is 4.99 Å². The Bertz CT molecular complexity index is 388. The van der Waals surface area contributed by atoms with Crippen LogP contribution >= 0.6 is 0 Å². The summed E-state index contributed by atoms with van der Waals surface area (Å²) in [7, 11) is 1.89. The fraction of sp³-hybridized carbons (Fsp3) is 0.944. The molecule has 1 aliphatic carbocycles. The summed E-state index contributed by atoms with van der Waals surface area (Å²) < 4.78 is 11.3. The Morgan fingerprint density at radius 3 is 2.87 bits per heavy atom. The van der Waals surface area contributed by atoms with Crippen LogP contribution in [0.25, 0.3) is 0 Å². The second kappa shape index (κ2) is 8.34. The van der Waals surface area contributed by atoms with Crippen molar-refractivity contribution >= 4 is 5.96 Å². The monoisotopic (exact) mass is 323 g/mol. The summed E-state index contributed by atoms with van der Waals surface area (Å²) in [4.78, 5) is 6.92. The van der Waals surface area contributed by atoms with Crippen molar-refractivity contribution in [2.75, 3.05) is 46.5 Å². The summed E-state index contributed by atoms with van der Waals surface area (Å²) in [6, 6.07) is 0. The average Bonchev–Trinajstić information content (AvgIpc) is 3.22. The molecule has 3 aliphatic rings. The first-order chi connectivity index (χ1) is 11.3. The van der Waals surface area contributed by atoms with Crippen molar-refractivity contribution in [3.05, 3.63) is 0 Å². The molecule has 0 bridgehead atoms. The maximum Gasteiger partial charge on any atom is 0.193 e. The molecule has 3 fully saturated rings.